The molecule has 0 saturated heterocycles. The van der Waals surface area contributed by atoms with Crippen molar-refractivity contribution in [2.45, 2.75) is 86.4 Å². The Morgan fingerprint density at radius 3 is 1.72 bits per heavy atom. The molecule has 0 rings (SSSR count). The SMILES string of the molecule is CCC(C)C([C@@H](C)CC)N(C)C(=O)[C@@H](NC(=O)C(C(C)C)N(C)CCS)C(C)C. The van der Waals surface area contributed by atoms with Gasteiger partial charge in [-0.1, -0.05) is 68.2 Å². The Labute approximate surface area is 185 Å². The lowest BCUT2D eigenvalue weighted by Crippen LogP contribution is -2.58. The number of amides is 2. The van der Waals surface area contributed by atoms with Crippen LogP contribution in [-0.2, 0) is 9.59 Å². The first-order chi connectivity index (χ1) is 13.4. The van der Waals surface area contributed by atoms with Gasteiger partial charge in [0.2, 0.25) is 11.8 Å². The van der Waals surface area contributed by atoms with Crippen molar-refractivity contribution in [1.29, 1.82) is 0 Å². The summed E-state index contributed by atoms with van der Waals surface area (Å²) >= 11 is 4.30. The third kappa shape index (κ3) is 8.12. The van der Waals surface area contributed by atoms with Gasteiger partial charge in [-0.2, -0.15) is 12.6 Å². The topological polar surface area (TPSA) is 52.7 Å². The van der Waals surface area contributed by atoms with Crippen LogP contribution in [0.1, 0.15) is 68.2 Å². The molecule has 0 aromatic rings. The summed E-state index contributed by atoms with van der Waals surface area (Å²) in [5.41, 5.74) is 0. The standard InChI is InChI=1S/C23H47N3O2S/c1-11-17(7)21(18(8)12-2)26(10)23(28)19(15(3)4)24-22(27)20(16(5)6)25(9)13-14-29/h15-21,29H,11-14H2,1-10H3,(H,24,27)/t17-,18?,19-,20?,21?/m0/s1. The van der Waals surface area contributed by atoms with Crippen LogP contribution in [0.2, 0.25) is 0 Å². The molecule has 5 nitrogen and oxygen atoms in total. The Balaban J connectivity index is 5.62. The predicted octanol–water partition coefficient (Wildman–Crippen LogP) is 3.93. The van der Waals surface area contributed by atoms with Crippen molar-refractivity contribution >= 4 is 24.4 Å². The maximum atomic E-state index is 13.5. The molecule has 6 heteroatoms. The van der Waals surface area contributed by atoms with E-state index < -0.39 is 6.04 Å². The Kier molecular flexibility index (Phi) is 13.2. The largest absolute Gasteiger partial charge is 0.343 e. The first-order valence-electron chi connectivity index (χ1n) is 11.3. The molecule has 0 heterocycles. The number of likely N-dealkylation sites (N-methyl/N-ethyl adjacent to an activating group) is 2. The van der Waals surface area contributed by atoms with Crippen molar-refractivity contribution in [1.82, 2.24) is 15.1 Å². The van der Waals surface area contributed by atoms with Crippen LogP contribution in [0, 0.1) is 23.7 Å². The molecule has 0 fully saturated rings. The molecule has 172 valence electrons. The molecular weight excluding hydrogens is 382 g/mol. The Bertz CT molecular complexity index is 489. The fraction of sp³-hybridized carbons (Fsp3) is 0.913. The molecule has 0 aromatic carbocycles. The average molecular weight is 430 g/mol. The minimum absolute atomic E-state index is 0.0123. The van der Waals surface area contributed by atoms with Gasteiger partial charge in [0.25, 0.3) is 0 Å². The molecule has 1 N–H and O–H groups in total. The summed E-state index contributed by atoms with van der Waals surface area (Å²) in [6, 6.07) is -0.626. The molecule has 2 amide bonds. The van der Waals surface area contributed by atoms with Gasteiger partial charge < -0.3 is 10.2 Å². The second-order valence-electron chi connectivity index (χ2n) is 9.33. The van der Waals surface area contributed by atoms with E-state index in [0.717, 1.165) is 19.4 Å². The first-order valence-corrected chi connectivity index (χ1v) is 12.0. The van der Waals surface area contributed by atoms with Crippen molar-refractivity contribution < 1.29 is 9.59 Å². The quantitative estimate of drug-likeness (QED) is 0.436. The van der Waals surface area contributed by atoms with E-state index in [0.29, 0.717) is 17.6 Å². The van der Waals surface area contributed by atoms with Gasteiger partial charge in [-0.05, 0) is 30.7 Å². The molecular formula is C23H47N3O2S. The molecule has 0 aliphatic carbocycles. The first kappa shape index (κ1) is 28.2. The molecule has 0 aliphatic heterocycles. The van der Waals surface area contributed by atoms with Crippen molar-refractivity contribution in [2.75, 3.05) is 26.4 Å². The molecule has 0 bridgehead atoms. The van der Waals surface area contributed by atoms with E-state index in [-0.39, 0.29) is 35.7 Å². The summed E-state index contributed by atoms with van der Waals surface area (Å²) in [6.45, 7) is 17.6. The number of hydrogen-bond acceptors (Lipinski definition) is 4. The molecule has 0 aliphatic rings. The third-order valence-electron chi connectivity index (χ3n) is 6.31. The fourth-order valence-corrected chi connectivity index (χ4v) is 4.55. The van der Waals surface area contributed by atoms with Crippen LogP contribution in [0.3, 0.4) is 0 Å². The number of carbonyl (C=O) groups excluding carboxylic acids is 2. The highest BCUT2D eigenvalue weighted by molar-refractivity contribution is 7.80. The normalized spacial score (nSPS) is 17.2. The number of thiol groups is 1. The van der Waals surface area contributed by atoms with E-state index in [1.54, 1.807) is 0 Å². The molecule has 0 aromatic heterocycles. The van der Waals surface area contributed by atoms with Gasteiger partial charge in [-0.3, -0.25) is 14.5 Å². The van der Waals surface area contributed by atoms with Crippen molar-refractivity contribution in [3.05, 3.63) is 0 Å². The molecule has 29 heavy (non-hydrogen) atoms. The van der Waals surface area contributed by atoms with Crippen molar-refractivity contribution in [2.24, 2.45) is 23.7 Å². The Morgan fingerprint density at radius 1 is 0.897 bits per heavy atom. The maximum absolute atomic E-state index is 13.5. The lowest BCUT2D eigenvalue weighted by atomic mass is 9.85. The zero-order valence-corrected chi connectivity index (χ0v) is 21.4. The second-order valence-corrected chi connectivity index (χ2v) is 9.78. The van der Waals surface area contributed by atoms with E-state index in [9.17, 15) is 9.59 Å². The van der Waals surface area contributed by atoms with Gasteiger partial charge in [0, 0.05) is 25.4 Å². The minimum atomic E-state index is -0.520. The summed E-state index contributed by atoms with van der Waals surface area (Å²) in [6.07, 6.45) is 2.05. The highest BCUT2D eigenvalue weighted by Gasteiger charge is 2.36. The summed E-state index contributed by atoms with van der Waals surface area (Å²) in [4.78, 5) is 30.5. The molecule has 0 radical (unpaired) electrons. The summed E-state index contributed by atoms with van der Waals surface area (Å²) in [7, 11) is 3.85. The highest BCUT2D eigenvalue weighted by atomic mass is 32.1. The van der Waals surface area contributed by atoms with E-state index in [1.807, 2.05) is 51.6 Å². The van der Waals surface area contributed by atoms with E-state index in [2.05, 4.69) is 45.6 Å². The molecule has 0 saturated carbocycles. The lowest BCUT2D eigenvalue weighted by molar-refractivity contribution is -0.141. The Morgan fingerprint density at radius 2 is 1.38 bits per heavy atom. The van der Waals surface area contributed by atoms with Crippen LogP contribution in [0.25, 0.3) is 0 Å². The van der Waals surface area contributed by atoms with E-state index in [1.165, 1.54) is 0 Å². The van der Waals surface area contributed by atoms with Gasteiger partial charge in [-0.15, -0.1) is 0 Å². The van der Waals surface area contributed by atoms with Crippen molar-refractivity contribution in [3.63, 3.8) is 0 Å². The lowest BCUT2D eigenvalue weighted by Gasteiger charge is -2.40. The van der Waals surface area contributed by atoms with Crippen LogP contribution >= 0.6 is 12.6 Å². The predicted molar refractivity (Wildman–Crippen MR) is 127 cm³/mol. The monoisotopic (exact) mass is 429 g/mol. The second kappa shape index (κ2) is 13.5. The number of hydrogen-bond donors (Lipinski definition) is 2. The number of nitrogens with zero attached hydrogens (tertiary/aromatic N) is 2. The van der Waals surface area contributed by atoms with Gasteiger partial charge in [0.05, 0.1) is 6.04 Å². The zero-order valence-electron chi connectivity index (χ0n) is 20.5. The van der Waals surface area contributed by atoms with Gasteiger partial charge in [0.1, 0.15) is 6.04 Å². The third-order valence-corrected chi connectivity index (χ3v) is 6.51. The summed E-state index contributed by atoms with van der Waals surface area (Å²) in [5, 5.41) is 3.09. The fourth-order valence-electron chi connectivity index (χ4n) is 4.23. The number of nitrogens with one attached hydrogen (secondary N) is 1. The van der Waals surface area contributed by atoms with Crippen LogP contribution in [0.5, 0.6) is 0 Å². The van der Waals surface area contributed by atoms with Crippen molar-refractivity contribution in [3.8, 4) is 0 Å². The van der Waals surface area contributed by atoms with Crippen LogP contribution < -0.4 is 5.32 Å². The van der Waals surface area contributed by atoms with Crippen LogP contribution in [-0.4, -0.2) is 66.1 Å². The van der Waals surface area contributed by atoms with Gasteiger partial charge in [-0.25, -0.2) is 0 Å². The van der Waals surface area contributed by atoms with Crippen LogP contribution in [0.4, 0.5) is 0 Å². The average Bonchev–Trinajstić information content (AvgIpc) is 2.64. The molecule has 0 spiro atoms. The highest BCUT2D eigenvalue weighted by Crippen LogP contribution is 2.25. The van der Waals surface area contributed by atoms with Gasteiger partial charge in [0.15, 0.2) is 0 Å². The maximum Gasteiger partial charge on any atom is 0.245 e. The van der Waals surface area contributed by atoms with E-state index in [4.69, 9.17) is 0 Å². The smallest absolute Gasteiger partial charge is 0.245 e. The summed E-state index contributed by atoms with van der Waals surface area (Å²) < 4.78 is 0. The number of rotatable bonds is 13. The molecule has 5 atom stereocenters. The Hall–Kier alpha value is -0.750. The van der Waals surface area contributed by atoms with Gasteiger partial charge >= 0.3 is 0 Å². The zero-order chi connectivity index (χ0) is 22.9. The van der Waals surface area contributed by atoms with E-state index >= 15 is 0 Å². The van der Waals surface area contributed by atoms with Crippen LogP contribution in [0.15, 0.2) is 0 Å². The number of carbonyl (C=O) groups is 2. The summed E-state index contributed by atoms with van der Waals surface area (Å²) in [5.74, 6) is 1.61. The molecule has 3 unspecified atom stereocenters. The minimum Gasteiger partial charge on any atom is -0.343 e.